The molecule has 1 aliphatic carbocycles. The number of aliphatic hydroxyl groups excluding tert-OH is 1. The van der Waals surface area contributed by atoms with Crippen LogP contribution in [0.25, 0.3) is 16.7 Å². The molecule has 0 aromatic heterocycles. The summed E-state index contributed by atoms with van der Waals surface area (Å²) < 4.78 is 5.79. The normalized spacial score (nSPS) is 19.0. The van der Waals surface area contributed by atoms with Crippen molar-refractivity contribution in [3.63, 3.8) is 0 Å². The van der Waals surface area contributed by atoms with Crippen LogP contribution < -0.4 is 0 Å². The molecule has 1 aliphatic heterocycles. The van der Waals surface area contributed by atoms with Gasteiger partial charge in [-0.1, -0.05) is 48.7 Å². The van der Waals surface area contributed by atoms with E-state index in [4.69, 9.17) is 16.3 Å². The highest BCUT2D eigenvalue weighted by atomic mass is 35.5. The van der Waals surface area contributed by atoms with Crippen LogP contribution in [0, 0.1) is 13.8 Å². The maximum atomic E-state index is 12.8. The van der Waals surface area contributed by atoms with Crippen molar-refractivity contribution in [3.8, 4) is 11.1 Å². The molecule has 146 valence electrons. The summed E-state index contributed by atoms with van der Waals surface area (Å²) in [5.41, 5.74) is 4.43. The van der Waals surface area contributed by atoms with E-state index in [2.05, 4.69) is 6.07 Å². The third-order valence-electron chi connectivity index (χ3n) is 6.07. The number of benzene rings is 2. The first-order chi connectivity index (χ1) is 13.4. The quantitative estimate of drug-likeness (QED) is 0.586. The summed E-state index contributed by atoms with van der Waals surface area (Å²) in [6.07, 6.45) is 5.59. The second kappa shape index (κ2) is 7.29. The lowest BCUT2D eigenvalue weighted by atomic mass is 9.87. The lowest BCUT2D eigenvalue weighted by Gasteiger charge is -2.26. The average molecular weight is 397 g/mol. The van der Waals surface area contributed by atoms with Gasteiger partial charge in [-0.2, -0.15) is 0 Å². The molecule has 3 nitrogen and oxygen atoms in total. The number of hydrogen-bond donors (Lipinski definition) is 1. The van der Waals surface area contributed by atoms with Crippen molar-refractivity contribution >= 4 is 23.1 Å². The summed E-state index contributed by atoms with van der Waals surface area (Å²) >= 11 is 6.01. The van der Waals surface area contributed by atoms with Gasteiger partial charge in [-0.3, -0.25) is 0 Å². The van der Waals surface area contributed by atoms with E-state index >= 15 is 0 Å². The van der Waals surface area contributed by atoms with E-state index in [-0.39, 0.29) is 5.76 Å². The summed E-state index contributed by atoms with van der Waals surface area (Å²) in [6, 6.07) is 11.8. The van der Waals surface area contributed by atoms with Crippen LogP contribution in [0.4, 0.5) is 0 Å². The summed E-state index contributed by atoms with van der Waals surface area (Å²) in [5, 5.41) is 11.8. The van der Waals surface area contributed by atoms with Crippen molar-refractivity contribution < 1.29 is 14.6 Å². The number of aliphatic hydroxyl groups is 1. The lowest BCUT2D eigenvalue weighted by molar-refractivity contribution is -0.147. The number of hydrogen-bond acceptors (Lipinski definition) is 3. The highest BCUT2D eigenvalue weighted by molar-refractivity contribution is 6.30. The van der Waals surface area contributed by atoms with Crippen LogP contribution in [0.15, 0.2) is 42.2 Å². The molecule has 1 saturated carbocycles. The first kappa shape index (κ1) is 19.1. The van der Waals surface area contributed by atoms with E-state index < -0.39 is 11.6 Å². The Morgan fingerprint density at radius 3 is 2.14 bits per heavy atom. The molecule has 2 aromatic carbocycles. The Balaban J connectivity index is 1.78. The molecule has 0 radical (unpaired) electrons. The number of esters is 1. The van der Waals surface area contributed by atoms with Crippen LogP contribution in [-0.4, -0.2) is 16.7 Å². The van der Waals surface area contributed by atoms with E-state index in [1.54, 1.807) is 0 Å². The molecule has 4 rings (SSSR count). The monoisotopic (exact) mass is 396 g/mol. The van der Waals surface area contributed by atoms with Crippen LogP contribution in [0.3, 0.4) is 0 Å². The van der Waals surface area contributed by atoms with Crippen LogP contribution in [0.5, 0.6) is 0 Å². The first-order valence-corrected chi connectivity index (χ1v) is 10.3. The molecule has 1 heterocycles. The molecule has 0 bridgehead atoms. The van der Waals surface area contributed by atoms with Gasteiger partial charge < -0.3 is 9.84 Å². The zero-order chi connectivity index (χ0) is 19.9. The molecule has 1 fully saturated rings. The summed E-state index contributed by atoms with van der Waals surface area (Å²) in [4.78, 5) is 12.8. The maximum Gasteiger partial charge on any atom is 0.343 e. The molecule has 0 atom stereocenters. The smallest absolute Gasteiger partial charge is 0.343 e. The number of carbonyl (C=O) groups is 1. The molecule has 4 heteroatoms. The minimum absolute atomic E-state index is 0.126. The third-order valence-corrected chi connectivity index (χ3v) is 6.32. The van der Waals surface area contributed by atoms with Gasteiger partial charge in [0.25, 0.3) is 0 Å². The van der Waals surface area contributed by atoms with Crippen molar-refractivity contribution in [2.75, 3.05) is 0 Å². The van der Waals surface area contributed by atoms with Gasteiger partial charge in [0.05, 0.1) is 0 Å². The number of ether oxygens (including phenoxy) is 1. The summed E-state index contributed by atoms with van der Waals surface area (Å²) in [6.45, 7) is 3.99. The van der Waals surface area contributed by atoms with Gasteiger partial charge in [0.2, 0.25) is 0 Å². The van der Waals surface area contributed by atoms with Gasteiger partial charge >= 0.3 is 5.97 Å². The molecular formula is C24H25ClO3. The molecule has 1 spiro atoms. The number of aryl methyl sites for hydroxylation is 2. The highest BCUT2D eigenvalue weighted by Crippen LogP contribution is 2.45. The molecule has 28 heavy (non-hydrogen) atoms. The highest BCUT2D eigenvalue weighted by Gasteiger charge is 2.48. The Morgan fingerprint density at radius 2 is 1.50 bits per heavy atom. The van der Waals surface area contributed by atoms with E-state index in [1.165, 1.54) is 0 Å². The Labute approximate surface area is 171 Å². The van der Waals surface area contributed by atoms with E-state index in [0.29, 0.717) is 23.4 Å². The lowest BCUT2D eigenvalue weighted by Crippen LogP contribution is -2.31. The van der Waals surface area contributed by atoms with Gasteiger partial charge in [-0.25, -0.2) is 4.79 Å². The van der Waals surface area contributed by atoms with Crippen molar-refractivity contribution in [2.45, 2.75) is 58.0 Å². The van der Waals surface area contributed by atoms with Gasteiger partial charge in [0.15, 0.2) is 11.4 Å². The van der Waals surface area contributed by atoms with Crippen LogP contribution in [0.1, 0.15) is 55.2 Å². The molecule has 0 amide bonds. The Bertz CT molecular complexity index is 949. The fraction of sp³-hybridized carbons (Fsp3) is 0.375. The van der Waals surface area contributed by atoms with E-state index in [0.717, 1.165) is 53.5 Å². The number of halogens is 1. The van der Waals surface area contributed by atoms with Crippen molar-refractivity contribution in [1.82, 2.24) is 0 Å². The van der Waals surface area contributed by atoms with Crippen LogP contribution in [0.2, 0.25) is 5.02 Å². The van der Waals surface area contributed by atoms with Gasteiger partial charge in [-0.15, -0.1) is 0 Å². The molecule has 2 aliphatic rings. The standard InChI is InChI=1S/C24H25ClO3/c1-15-14-20(16(2)13-19(15)17-7-9-18(25)10-8-17)21-22(26)24(28-23(21)27)11-5-3-4-6-12-24/h7-10,13-14,26H,3-6,11-12H2,1-2H3. The number of rotatable bonds is 2. The van der Waals surface area contributed by atoms with Gasteiger partial charge in [-0.05, 0) is 79.5 Å². The Kier molecular flexibility index (Phi) is 4.96. The largest absolute Gasteiger partial charge is 0.507 e. The van der Waals surface area contributed by atoms with Crippen molar-refractivity contribution in [3.05, 3.63) is 63.9 Å². The van der Waals surface area contributed by atoms with E-state index in [1.807, 2.05) is 44.2 Å². The van der Waals surface area contributed by atoms with Crippen LogP contribution >= 0.6 is 11.6 Å². The molecular weight excluding hydrogens is 372 g/mol. The zero-order valence-electron chi connectivity index (χ0n) is 16.3. The number of carbonyl (C=O) groups excluding carboxylic acids is 1. The second-order valence-electron chi connectivity index (χ2n) is 8.01. The topological polar surface area (TPSA) is 46.5 Å². The summed E-state index contributed by atoms with van der Waals surface area (Å²) in [7, 11) is 0. The third kappa shape index (κ3) is 3.22. The molecule has 0 unspecified atom stereocenters. The van der Waals surface area contributed by atoms with Gasteiger partial charge in [0, 0.05) is 5.02 Å². The fourth-order valence-electron chi connectivity index (χ4n) is 4.50. The molecule has 0 saturated heterocycles. The first-order valence-electron chi connectivity index (χ1n) is 9.96. The molecule has 1 N–H and O–H groups in total. The minimum Gasteiger partial charge on any atom is -0.507 e. The Hall–Kier alpha value is -2.26. The van der Waals surface area contributed by atoms with Crippen molar-refractivity contribution in [2.24, 2.45) is 0 Å². The zero-order valence-corrected chi connectivity index (χ0v) is 17.1. The average Bonchev–Trinajstić information content (AvgIpc) is 2.81. The predicted molar refractivity (Wildman–Crippen MR) is 112 cm³/mol. The van der Waals surface area contributed by atoms with Crippen molar-refractivity contribution in [1.29, 1.82) is 0 Å². The van der Waals surface area contributed by atoms with Gasteiger partial charge in [0.1, 0.15) is 5.57 Å². The molecule has 2 aromatic rings. The van der Waals surface area contributed by atoms with Crippen LogP contribution in [-0.2, 0) is 9.53 Å². The summed E-state index contributed by atoms with van der Waals surface area (Å²) in [5.74, 6) is -0.276. The minimum atomic E-state index is -0.821. The second-order valence-corrected chi connectivity index (χ2v) is 8.45. The van der Waals surface area contributed by atoms with E-state index in [9.17, 15) is 9.90 Å². The SMILES string of the molecule is Cc1cc(-c2ccc(Cl)cc2)c(C)cc1C1=C(O)C2(CCCCCC2)OC1=O. The maximum absolute atomic E-state index is 12.8. The predicted octanol–water partition coefficient (Wildman–Crippen LogP) is 6.54. The Morgan fingerprint density at radius 1 is 0.929 bits per heavy atom. The fourth-order valence-corrected chi connectivity index (χ4v) is 4.63.